The second kappa shape index (κ2) is 11.8. The number of halogens is 1. The van der Waals surface area contributed by atoms with E-state index in [0.29, 0.717) is 43.9 Å². The normalized spacial score (nSPS) is 15.5. The number of hydrogen-bond donors (Lipinski definition) is 1. The maximum Gasteiger partial charge on any atom is 0.344 e. The van der Waals surface area contributed by atoms with Gasteiger partial charge in [-0.1, -0.05) is 0 Å². The first-order valence-corrected chi connectivity index (χ1v) is 11.7. The zero-order valence-electron chi connectivity index (χ0n) is 18.3. The molecule has 0 unspecified atom stereocenters. The van der Waals surface area contributed by atoms with Crippen molar-refractivity contribution in [3.05, 3.63) is 51.3 Å². The van der Waals surface area contributed by atoms with Gasteiger partial charge >= 0.3 is 5.97 Å². The molecular formula is C23H23BrN2O6S. The lowest BCUT2D eigenvalue weighted by molar-refractivity contribution is -0.145. The molecule has 1 N–H and O–H groups in total. The van der Waals surface area contributed by atoms with E-state index < -0.39 is 5.97 Å². The van der Waals surface area contributed by atoms with Gasteiger partial charge in [-0.05, 0) is 89.6 Å². The fourth-order valence-electron chi connectivity index (χ4n) is 2.83. The number of benzene rings is 2. The minimum atomic E-state index is -0.476. The Bertz CT molecular complexity index is 1090. The summed E-state index contributed by atoms with van der Waals surface area (Å²) in [6.07, 6.45) is 1.73. The first kappa shape index (κ1) is 24.7. The van der Waals surface area contributed by atoms with Crippen LogP contribution in [0.3, 0.4) is 0 Å². The van der Waals surface area contributed by atoms with Crippen molar-refractivity contribution < 1.29 is 28.5 Å². The lowest BCUT2D eigenvalue weighted by Gasteiger charge is -2.13. The van der Waals surface area contributed by atoms with Gasteiger partial charge in [-0.2, -0.15) is 0 Å². The number of rotatable bonds is 9. The van der Waals surface area contributed by atoms with Crippen LogP contribution in [0.1, 0.15) is 19.4 Å². The SMILES string of the molecule is CCOC(=O)COc1c(Br)cc(/C=C2/SC(=Nc3ccc(OCC)cc3)NC2=O)cc1OC. The summed E-state index contributed by atoms with van der Waals surface area (Å²) in [5.74, 6) is 0.818. The maximum absolute atomic E-state index is 12.4. The van der Waals surface area contributed by atoms with Crippen LogP contribution in [0.5, 0.6) is 17.2 Å². The number of amidine groups is 1. The first-order chi connectivity index (χ1) is 15.9. The van der Waals surface area contributed by atoms with Gasteiger partial charge in [0.2, 0.25) is 0 Å². The van der Waals surface area contributed by atoms with Gasteiger partial charge in [0.05, 0.1) is 35.4 Å². The van der Waals surface area contributed by atoms with Gasteiger partial charge in [-0.15, -0.1) is 0 Å². The average molecular weight is 535 g/mol. The van der Waals surface area contributed by atoms with Gasteiger partial charge in [-0.3, -0.25) is 4.79 Å². The third-order valence-corrected chi connectivity index (χ3v) is 5.72. The van der Waals surface area contributed by atoms with E-state index in [1.807, 2.05) is 31.2 Å². The van der Waals surface area contributed by atoms with E-state index in [0.717, 1.165) is 5.75 Å². The molecule has 2 aromatic rings. The summed E-state index contributed by atoms with van der Waals surface area (Å²) < 4.78 is 21.8. The van der Waals surface area contributed by atoms with Crippen molar-refractivity contribution in [1.29, 1.82) is 0 Å². The molecule has 33 heavy (non-hydrogen) atoms. The van der Waals surface area contributed by atoms with Crippen molar-refractivity contribution in [2.45, 2.75) is 13.8 Å². The van der Waals surface area contributed by atoms with E-state index in [1.165, 1.54) is 18.9 Å². The predicted molar refractivity (Wildman–Crippen MR) is 131 cm³/mol. The summed E-state index contributed by atoms with van der Waals surface area (Å²) >= 11 is 4.67. The van der Waals surface area contributed by atoms with E-state index in [1.54, 1.807) is 25.1 Å². The van der Waals surface area contributed by atoms with Crippen LogP contribution >= 0.6 is 27.7 Å². The number of carbonyl (C=O) groups is 2. The van der Waals surface area contributed by atoms with Crippen molar-refractivity contribution in [3.8, 4) is 17.2 Å². The number of hydrogen-bond acceptors (Lipinski definition) is 8. The van der Waals surface area contributed by atoms with E-state index >= 15 is 0 Å². The molecule has 0 bridgehead atoms. The van der Waals surface area contributed by atoms with Crippen LogP contribution in [0, 0.1) is 0 Å². The largest absolute Gasteiger partial charge is 0.494 e. The van der Waals surface area contributed by atoms with Crippen molar-refractivity contribution in [2.75, 3.05) is 26.9 Å². The predicted octanol–water partition coefficient (Wildman–Crippen LogP) is 4.69. The number of carbonyl (C=O) groups excluding carboxylic acids is 2. The molecule has 174 valence electrons. The van der Waals surface area contributed by atoms with Gasteiger partial charge in [0, 0.05) is 0 Å². The van der Waals surface area contributed by atoms with Crippen LogP contribution < -0.4 is 19.5 Å². The van der Waals surface area contributed by atoms with Crippen LogP contribution in [0.2, 0.25) is 0 Å². The number of esters is 1. The number of ether oxygens (including phenoxy) is 4. The number of thioether (sulfide) groups is 1. The second-order valence-electron chi connectivity index (χ2n) is 6.54. The van der Waals surface area contributed by atoms with E-state index in [2.05, 4.69) is 26.2 Å². The van der Waals surface area contributed by atoms with Crippen molar-refractivity contribution in [1.82, 2.24) is 5.32 Å². The number of methoxy groups -OCH3 is 1. The third-order valence-electron chi connectivity index (χ3n) is 4.22. The van der Waals surface area contributed by atoms with Crippen LogP contribution in [0.25, 0.3) is 6.08 Å². The molecule has 0 aromatic heterocycles. The molecule has 1 saturated heterocycles. The summed E-state index contributed by atoms with van der Waals surface area (Å²) in [4.78, 5) is 29.0. The Labute approximate surface area is 204 Å². The smallest absolute Gasteiger partial charge is 0.344 e. The number of nitrogens with one attached hydrogen (secondary N) is 1. The van der Waals surface area contributed by atoms with E-state index in [-0.39, 0.29) is 19.1 Å². The number of aliphatic imine (C=N–C) groups is 1. The highest BCUT2D eigenvalue weighted by Crippen LogP contribution is 2.38. The van der Waals surface area contributed by atoms with E-state index in [4.69, 9.17) is 18.9 Å². The molecule has 1 heterocycles. The summed E-state index contributed by atoms with van der Waals surface area (Å²) in [6.45, 7) is 4.27. The van der Waals surface area contributed by atoms with E-state index in [9.17, 15) is 9.59 Å². The zero-order chi connectivity index (χ0) is 23.8. The molecule has 0 aliphatic carbocycles. The van der Waals surface area contributed by atoms with Crippen LogP contribution in [-0.2, 0) is 14.3 Å². The van der Waals surface area contributed by atoms with Gasteiger partial charge in [-0.25, -0.2) is 9.79 Å². The van der Waals surface area contributed by atoms with Gasteiger partial charge in [0.15, 0.2) is 23.3 Å². The highest BCUT2D eigenvalue weighted by Gasteiger charge is 2.24. The Balaban J connectivity index is 1.76. The van der Waals surface area contributed by atoms with Crippen molar-refractivity contribution in [3.63, 3.8) is 0 Å². The van der Waals surface area contributed by atoms with Crippen LogP contribution in [-0.4, -0.2) is 44.0 Å². The Hall–Kier alpha value is -2.98. The molecule has 1 fully saturated rings. The van der Waals surface area contributed by atoms with Gasteiger partial charge < -0.3 is 24.3 Å². The standard InChI is InChI=1S/C23H23BrN2O6S/c1-4-30-16-8-6-15(7-9-16)25-23-26-22(28)19(33-23)12-14-10-17(24)21(18(11-14)29-3)32-13-20(27)31-5-2/h6-12H,4-5,13H2,1-3H3,(H,25,26,28)/b19-12+. The Morgan fingerprint density at radius 2 is 1.91 bits per heavy atom. The Kier molecular flexibility index (Phi) is 8.79. The molecule has 1 aliphatic heterocycles. The molecule has 1 amide bonds. The number of amides is 1. The summed E-state index contributed by atoms with van der Waals surface area (Å²) in [5.41, 5.74) is 1.41. The van der Waals surface area contributed by atoms with Crippen molar-refractivity contribution in [2.24, 2.45) is 4.99 Å². The lowest BCUT2D eigenvalue weighted by atomic mass is 10.2. The molecule has 2 aromatic carbocycles. The topological polar surface area (TPSA) is 95.5 Å². The lowest BCUT2D eigenvalue weighted by Crippen LogP contribution is -2.19. The average Bonchev–Trinajstić information content (AvgIpc) is 3.12. The zero-order valence-corrected chi connectivity index (χ0v) is 20.7. The Morgan fingerprint density at radius 3 is 2.58 bits per heavy atom. The molecule has 0 atom stereocenters. The molecule has 0 radical (unpaired) electrons. The maximum atomic E-state index is 12.4. The molecule has 0 spiro atoms. The first-order valence-electron chi connectivity index (χ1n) is 10.1. The van der Waals surface area contributed by atoms with Crippen LogP contribution in [0.15, 0.2) is 50.8 Å². The monoisotopic (exact) mass is 534 g/mol. The highest BCUT2D eigenvalue weighted by atomic mass is 79.9. The fourth-order valence-corrected chi connectivity index (χ4v) is 4.25. The molecule has 3 rings (SSSR count). The van der Waals surface area contributed by atoms with Gasteiger partial charge in [0.1, 0.15) is 5.75 Å². The molecular weight excluding hydrogens is 512 g/mol. The minimum absolute atomic E-state index is 0.243. The molecule has 1 aliphatic rings. The van der Waals surface area contributed by atoms with Gasteiger partial charge in [0.25, 0.3) is 5.91 Å². The number of nitrogens with zero attached hydrogens (tertiary/aromatic N) is 1. The molecule has 10 heteroatoms. The summed E-state index contributed by atoms with van der Waals surface area (Å²) in [7, 11) is 1.49. The quantitative estimate of drug-likeness (QED) is 0.368. The summed E-state index contributed by atoms with van der Waals surface area (Å²) in [5, 5.41) is 3.25. The van der Waals surface area contributed by atoms with Crippen molar-refractivity contribution >= 4 is 56.5 Å². The fraction of sp³-hybridized carbons (Fsp3) is 0.261. The molecule has 8 nitrogen and oxygen atoms in total. The highest BCUT2D eigenvalue weighted by molar-refractivity contribution is 9.10. The molecule has 0 saturated carbocycles. The summed E-state index contributed by atoms with van der Waals surface area (Å²) in [6, 6.07) is 10.8. The third kappa shape index (κ3) is 6.75. The Morgan fingerprint density at radius 1 is 1.15 bits per heavy atom. The minimum Gasteiger partial charge on any atom is -0.494 e. The van der Waals surface area contributed by atoms with Crippen LogP contribution in [0.4, 0.5) is 5.69 Å². The second-order valence-corrected chi connectivity index (χ2v) is 8.42.